The highest BCUT2D eigenvalue weighted by molar-refractivity contribution is 5.91. The quantitative estimate of drug-likeness (QED) is 0.822. The number of nitrogens with two attached hydrogens (primary N) is 1. The van der Waals surface area contributed by atoms with Crippen molar-refractivity contribution in [1.82, 2.24) is 0 Å². The summed E-state index contributed by atoms with van der Waals surface area (Å²) >= 11 is 0. The molecular weight excluding hydrogens is 200 g/mol. The van der Waals surface area contributed by atoms with Gasteiger partial charge < -0.3 is 11.1 Å². The van der Waals surface area contributed by atoms with Crippen molar-refractivity contribution in [2.45, 2.75) is 33.7 Å². The zero-order chi connectivity index (χ0) is 12.2. The van der Waals surface area contributed by atoms with Crippen LogP contribution >= 0.6 is 0 Å². The molecule has 3 nitrogen and oxygen atoms in total. The van der Waals surface area contributed by atoms with E-state index in [0.717, 1.165) is 11.3 Å². The Morgan fingerprint density at radius 1 is 1.31 bits per heavy atom. The summed E-state index contributed by atoms with van der Waals surface area (Å²) in [4.78, 5) is 11.7. The van der Waals surface area contributed by atoms with Gasteiger partial charge in [0.25, 0.3) is 0 Å². The smallest absolute Gasteiger partial charge is 0.224 e. The summed E-state index contributed by atoms with van der Waals surface area (Å²) in [6.07, 6.45) is 0.506. The molecule has 0 fully saturated rings. The van der Waals surface area contributed by atoms with Crippen molar-refractivity contribution in [3.63, 3.8) is 0 Å². The number of anilines is 1. The van der Waals surface area contributed by atoms with Crippen molar-refractivity contribution in [2.75, 3.05) is 5.32 Å². The average Bonchev–Trinajstić information content (AvgIpc) is 2.15. The van der Waals surface area contributed by atoms with Gasteiger partial charge in [0.1, 0.15) is 0 Å². The van der Waals surface area contributed by atoms with Gasteiger partial charge in [0.15, 0.2) is 0 Å². The molecule has 1 rings (SSSR count). The number of benzene rings is 1. The number of carbonyl (C=O) groups excluding carboxylic acids is 1. The van der Waals surface area contributed by atoms with Crippen LogP contribution in [-0.4, -0.2) is 5.91 Å². The van der Waals surface area contributed by atoms with Gasteiger partial charge in [-0.05, 0) is 17.0 Å². The van der Waals surface area contributed by atoms with E-state index in [1.54, 1.807) is 0 Å². The molecule has 0 aliphatic rings. The normalized spacial score (nSPS) is 11.2. The molecule has 1 amide bonds. The minimum absolute atomic E-state index is 0.00173. The molecule has 88 valence electrons. The third kappa shape index (κ3) is 4.03. The van der Waals surface area contributed by atoms with E-state index in [4.69, 9.17) is 5.73 Å². The Hall–Kier alpha value is -1.35. The maximum Gasteiger partial charge on any atom is 0.224 e. The Morgan fingerprint density at radius 2 is 1.94 bits per heavy atom. The molecule has 0 aliphatic carbocycles. The molecule has 3 N–H and O–H groups in total. The lowest BCUT2D eigenvalue weighted by atomic mass is 9.92. The van der Waals surface area contributed by atoms with Crippen LogP contribution in [0.5, 0.6) is 0 Å². The minimum atomic E-state index is 0.00173. The first-order valence-corrected chi connectivity index (χ1v) is 5.50. The van der Waals surface area contributed by atoms with Gasteiger partial charge in [-0.3, -0.25) is 4.79 Å². The predicted octanol–water partition coefficient (Wildman–Crippen LogP) is 2.52. The lowest BCUT2D eigenvalue weighted by Crippen LogP contribution is -2.20. The summed E-state index contributed by atoms with van der Waals surface area (Å²) < 4.78 is 0. The molecule has 0 aromatic heterocycles. The standard InChI is InChI=1S/C13H20N2O/c1-13(2,3)8-12(16)15-11-7-5-4-6-10(11)9-14/h4-7H,8-9,14H2,1-3H3,(H,15,16). The molecule has 1 aromatic rings. The predicted molar refractivity (Wildman–Crippen MR) is 67.0 cm³/mol. The minimum Gasteiger partial charge on any atom is -0.326 e. The highest BCUT2D eigenvalue weighted by atomic mass is 16.1. The van der Waals surface area contributed by atoms with E-state index in [1.165, 1.54) is 0 Å². The Labute approximate surface area is 97.0 Å². The third-order valence-electron chi connectivity index (χ3n) is 2.20. The van der Waals surface area contributed by atoms with Crippen LogP contribution < -0.4 is 11.1 Å². The SMILES string of the molecule is CC(C)(C)CC(=O)Nc1ccccc1CN. The second kappa shape index (κ2) is 5.12. The van der Waals surface area contributed by atoms with Gasteiger partial charge in [-0.2, -0.15) is 0 Å². The molecular formula is C13H20N2O. The number of hydrogen-bond donors (Lipinski definition) is 2. The number of nitrogens with one attached hydrogen (secondary N) is 1. The van der Waals surface area contributed by atoms with Crippen LogP contribution in [-0.2, 0) is 11.3 Å². The molecule has 0 atom stereocenters. The molecule has 0 radical (unpaired) electrons. The van der Waals surface area contributed by atoms with Gasteiger partial charge in [-0.1, -0.05) is 39.0 Å². The van der Waals surface area contributed by atoms with Crippen molar-refractivity contribution in [3.05, 3.63) is 29.8 Å². The summed E-state index contributed by atoms with van der Waals surface area (Å²) in [6, 6.07) is 7.61. The Bertz CT molecular complexity index is 366. The number of amides is 1. The van der Waals surface area contributed by atoms with Crippen LogP contribution in [0.25, 0.3) is 0 Å². The largest absolute Gasteiger partial charge is 0.326 e. The molecule has 0 aliphatic heterocycles. The van der Waals surface area contributed by atoms with Gasteiger partial charge in [0.2, 0.25) is 5.91 Å². The van der Waals surface area contributed by atoms with Gasteiger partial charge >= 0.3 is 0 Å². The topological polar surface area (TPSA) is 55.1 Å². The highest BCUT2D eigenvalue weighted by Crippen LogP contribution is 2.20. The fraction of sp³-hybridized carbons (Fsp3) is 0.462. The second-order valence-corrected chi connectivity index (χ2v) is 5.15. The highest BCUT2D eigenvalue weighted by Gasteiger charge is 2.16. The average molecular weight is 220 g/mol. The van der Waals surface area contributed by atoms with E-state index in [1.807, 2.05) is 45.0 Å². The molecule has 0 spiro atoms. The number of hydrogen-bond acceptors (Lipinski definition) is 2. The number of para-hydroxylation sites is 1. The van der Waals surface area contributed by atoms with Crippen molar-refractivity contribution in [1.29, 1.82) is 0 Å². The molecule has 0 unspecified atom stereocenters. The summed E-state index contributed by atoms with van der Waals surface area (Å²) in [5.41, 5.74) is 7.39. The van der Waals surface area contributed by atoms with E-state index in [0.29, 0.717) is 13.0 Å². The van der Waals surface area contributed by atoms with Gasteiger partial charge in [-0.25, -0.2) is 0 Å². The van der Waals surface area contributed by atoms with E-state index in [2.05, 4.69) is 5.32 Å². The van der Waals surface area contributed by atoms with Crippen molar-refractivity contribution in [3.8, 4) is 0 Å². The molecule has 3 heteroatoms. The molecule has 0 saturated heterocycles. The van der Waals surface area contributed by atoms with Gasteiger partial charge in [-0.15, -0.1) is 0 Å². The molecule has 0 saturated carbocycles. The Morgan fingerprint density at radius 3 is 2.50 bits per heavy atom. The fourth-order valence-corrected chi connectivity index (χ4v) is 1.50. The lowest BCUT2D eigenvalue weighted by molar-refractivity contribution is -0.117. The van der Waals surface area contributed by atoms with Crippen LogP contribution in [0, 0.1) is 5.41 Å². The van der Waals surface area contributed by atoms with Crippen molar-refractivity contribution >= 4 is 11.6 Å². The Kier molecular flexibility index (Phi) is 4.07. The summed E-state index contributed by atoms with van der Waals surface area (Å²) in [5, 5.41) is 2.90. The molecule has 1 aromatic carbocycles. The second-order valence-electron chi connectivity index (χ2n) is 5.15. The van der Waals surface area contributed by atoms with E-state index >= 15 is 0 Å². The van der Waals surface area contributed by atoms with Crippen LogP contribution in [0.2, 0.25) is 0 Å². The first-order chi connectivity index (χ1) is 7.42. The van der Waals surface area contributed by atoms with Crippen LogP contribution in [0.3, 0.4) is 0 Å². The zero-order valence-electron chi connectivity index (χ0n) is 10.2. The maximum absolute atomic E-state index is 11.7. The van der Waals surface area contributed by atoms with Gasteiger partial charge in [0.05, 0.1) is 0 Å². The van der Waals surface area contributed by atoms with Crippen molar-refractivity contribution in [2.24, 2.45) is 11.1 Å². The fourth-order valence-electron chi connectivity index (χ4n) is 1.50. The van der Waals surface area contributed by atoms with E-state index in [-0.39, 0.29) is 11.3 Å². The lowest BCUT2D eigenvalue weighted by Gasteiger charge is -2.18. The first-order valence-electron chi connectivity index (χ1n) is 5.50. The Balaban J connectivity index is 2.70. The summed E-state index contributed by atoms with van der Waals surface area (Å²) in [6.45, 7) is 6.57. The maximum atomic E-state index is 11.7. The molecule has 0 heterocycles. The summed E-state index contributed by atoms with van der Waals surface area (Å²) in [7, 11) is 0. The van der Waals surface area contributed by atoms with Gasteiger partial charge in [0, 0.05) is 18.7 Å². The van der Waals surface area contributed by atoms with Crippen LogP contribution in [0.1, 0.15) is 32.8 Å². The van der Waals surface area contributed by atoms with E-state index in [9.17, 15) is 4.79 Å². The zero-order valence-corrected chi connectivity index (χ0v) is 10.2. The monoisotopic (exact) mass is 220 g/mol. The van der Waals surface area contributed by atoms with E-state index < -0.39 is 0 Å². The van der Waals surface area contributed by atoms with Crippen LogP contribution in [0.4, 0.5) is 5.69 Å². The molecule has 16 heavy (non-hydrogen) atoms. The third-order valence-corrected chi connectivity index (χ3v) is 2.20. The van der Waals surface area contributed by atoms with Crippen LogP contribution in [0.15, 0.2) is 24.3 Å². The number of rotatable bonds is 3. The summed E-state index contributed by atoms with van der Waals surface area (Å²) in [5.74, 6) is 0.0356. The molecule has 0 bridgehead atoms. The van der Waals surface area contributed by atoms with Crippen molar-refractivity contribution < 1.29 is 4.79 Å². The first kappa shape index (κ1) is 12.7. The number of carbonyl (C=O) groups is 1.